The first kappa shape index (κ1) is 25.7. The fourth-order valence-electron chi connectivity index (χ4n) is 6.41. The van der Waals surface area contributed by atoms with Gasteiger partial charge in [-0.1, -0.05) is 29.8 Å². The van der Waals surface area contributed by atoms with Crippen LogP contribution in [0.5, 0.6) is 5.75 Å². The van der Waals surface area contributed by atoms with Crippen molar-refractivity contribution in [2.45, 2.75) is 37.5 Å². The summed E-state index contributed by atoms with van der Waals surface area (Å²) in [5.74, 6) is 0.738. The number of carbonyl (C=O) groups excluding carboxylic acids is 1. The summed E-state index contributed by atoms with van der Waals surface area (Å²) in [5.41, 5.74) is 3.51. The van der Waals surface area contributed by atoms with Gasteiger partial charge in [0.25, 0.3) is 5.91 Å². The zero-order valence-corrected chi connectivity index (χ0v) is 22.9. The highest BCUT2D eigenvalue weighted by Crippen LogP contribution is 2.46. The van der Waals surface area contributed by atoms with Gasteiger partial charge in [0.15, 0.2) is 0 Å². The number of anilines is 1. The molecule has 1 saturated carbocycles. The monoisotopic (exact) mass is 556 g/mol. The first-order chi connectivity index (χ1) is 18.3. The maximum absolute atomic E-state index is 13.0. The average Bonchev–Trinajstić information content (AvgIpc) is 3.02. The minimum Gasteiger partial charge on any atom is -0.490 e. The lowest BCUT2D eigenvalue weighted by Crippen LogP contribution is -2.48. The third kappa shape index (κ3) is 5.06. The van der Waals surface area contributed by atoms with Crippen LogP contribution in [0, 0.1) is 11.8 Å². The fourth-order valence-corrected chi connectivity index (χ4v) is 7.45. The molecule has 2 aliphatic carbocycles. The lowest BCUT2D eigenvalue weighted by Gasteiger charge is -2.44. The number of nitrogens with one attached hydrogen (secondary N) is 1. The Hall–Kier alpha value is -2.55. The van der Waals surface area contributed by atoms with Gasteiger partial charge in [-0.2, -0.15) is 0 Å². The summed E-state index contributed by atoms with van der Waals surface area (Å²) in [6.07, 6.45) is 9.54. The second kappa shape index (κ2) is 10.2. The van der Waals surface area contributed by atoms with E-state index in [-0.39, 0.29) is 17.8 Å². The third-order valence-corrected chi connectivity index (χ3v) is 10.0. The molecule has 3 atom stereocenters. The van der Waals surface area contributed by atoms with E-state index in [0.29, 0.717) is 30.6 Å². The first-order valence-corrected chi connectivity index (χ1v) is 15.4. The van der Waals surface area contributed by atoms with Gasteiger partial charge in [0.2, 0.25) is 10.0 Å². The number of carbonyl (C=O) groups is 1. The van der Waals surface area contributed by atoms with Crippen LogP contribution in [0.2, 0.25) is 5.02 Å². The van der Waals surface area contributed by atoms with E-state index in [1.54, 1.807) is 18.2 Å². The van der Waals surface area contributed by atoms with Gasteiger partial charge in [0.1, 0.15) is 5.75 Å². The number of sulfonamides is 1. The topological polar surface area (TPSA) is 84.9 Å². The van der Waals surface area contributed by atoms with Crippen LogP contribution in [-0.2, 0) is 26.6 Å². The van der Waals surface area contributed by atoms with Crippen molar-refractivity contribution in [3.8, 4) is 5.75 Å². The number of hydrogen-bond acceptors (Lipinski definition) is 6. The van der Waals surface area contributed by atoms with Crippen LogP contribution in [0.3, 0.4) is 0 Å². The van der Waals surface area contributed by atoms with Crippen molar-refractivity contribution in [3.63, 3.8) is 0 Å². The predicted molar refractivity (Wildman–Crippen MR) is 148 cm³/mol. The van der Waals surface area contributed by atoms with E-state index < -0.39 is 15.9 Å². The molecule has 4 aliphatic rings. The van der Waals surface area contributed by atoms with E-state index in [1.165, 1.54) is 11.1 Å². The molecule has 1 spiro atoms. The lowest BCUT2D eigenvalue weighted by molar-refractivity contribution is 0.0981. The number of hydrogen-bond donors (Lipinski definition) is 1. The molecule has 1 N–H and O–H groups in total. The molecule has 7 nitrogen and oxygen atoms in total. The van der Waals surface area contributed by atoms with Crippen molar-refractivity contribution in [2.75, 3.05) is 43.6 Å². The molecular formula is C29H33ClN2O5S. The van der Waals surface area contributed by atoms with Crippen molar-refractivity contribution in [2.24, 2.45) is 11.8 Å². The minimum absolute atomic E-state index is 0.0294. The highest BCUT2D eigenvalue weighted by molar-refractivity contribution is 7.90. The molecule has 202 valence electrons. The summed E-state index contributed by atoms with van der Waals surface area (Å²) >= 11 is 6.36. The molecule has 1 fully saturated rings. The molecule has 2 aliphatic heterocycles. The normalized spacial score (nSPS) is 29.6. The highest BCUT2D eigenvalue weighted by Gasteiger charge is 2.43. The van der Waals surface area contributed by atoms with Gasteiger partial charge in [-0.15, -0.1) is 0 Å². The van der Waals surface area contributed by atoms with Crippen molar-refractivity contribution in [3.05, 3.63) is 70.3 Å². The first-order valence-electron chi connectivity index (χ1n) is 13.4. The molecular weight excluding hydrogens is 524 g/mol. The van der Waals surface area contributed by atoms with E-state index in [2.05, 4.69) is 27.8 Å². The Kier molecular flexibility index (Phi) is 6.91. The van der Waals surface area contributed by atoms with Crippen molar-refractivity contribution in [1.82, 2.24) is 4.72 Å². The summed E-state index contributed by atoms with van der Waals surface area (Å²) in [6, 6.07) is 11.4. The summed E-state index contributed by atoms with van der Waals surface area (Å²) in [6.45, 7) is 2.52. The van der Waals surface area contributed by atoms with Crippen LogP contribution >= 0.6 is 11.6 Å². The molecule has 2 heterocycles. The number of aryl methyl sites for hydroxylation is 1. The van der Waals surface area contributed by atoms with E-state index in [0.717, 1.165) is 61.7 Å². The summed E-state index contributed by atoms with van der Waals surface area (Å²) in [4.78, 5) is 15.4. The number of ether oxygens (including phenoxy) is 2. The molecule has 0 unspecified atom stereocenters. The van der Waals surface area contributed by atoms with Gasteiger partial charge < -0.3 is 14.4 Å². The summed E-state index contributed by atoms with van der Waals surface area (Å²) in [5, 5.41) is 0.752. The minimum atomic E-state index is -3.82. The van der Waals surface area contributed by atoms with Gasteiger partial charge in [0.05, 0.1) is 31.3 Å². The second-order valence-corrected chi connectivity index (χ2v) is 13.3. The van der Waals surface area contributed by atoms with Crippen LogP contribution in [0.25, 0.3) is 0 Å². The Morgan fingerprint density at radius 1 is 1.13 bits per heavy atom. The zero-order chi connectivity index (χ0) is 26.3. The van der Waals surface area contributed by atoms with Crippen molar-refractivity contribution < 1.29 is 22.7 Å². The van der Waals surface area contributed by atoms with Gasteiger partial charge in [0, 0.05) is 29.1 Å². The molecule has 0 saturated heterocycles. The second-order valence-electron chi connectivity index (χ2n) is 11.0. The van der Waals surface area contributed by atoms with E-state index in [4.69, 9.17) is 21.1 Å². The number of halogens is 1. The standard InChI is InChI=1S/C29H33ClN2O5S/c30-24-8-9-25-21(15-24)3-1-11-29(25)18-32-17-23-6-5-20(23)4-2-12-36-13-14-38(34,35)31-28(33)22-7-10-27(37-19-29)26(32)16-22/h2,4,7-10,15-16,20,23H,1,3,5-6,11-14,17-19H2,(H,31,33)/b4-2+/t20-,23+,29-/m0/s1. The van der Waals surface area contributed by atoms with Gasteiger partial charge in [-0.05, 0) is 85.4 Å². The summed E-state index contributed by atoms with van der Waals surface area (Å²) < 4.78 is 39.2. The maximum Gasteiger partial charge on any atom is 0.264 e. The molecule has 9 heteroatoms. The Balaban J connectivity index is 1.41. The van der Waals surface area contributed by atoms with Crippen molar-refractivity contribution >= 4 is 33.2 Å². The maximum atomic E-state index is 13.0. The Morgan fingerprint density at radius 3 is 2.87 bits per heavy atom. The van der Waals surface area contributed by atoms with Crippen LogP contribution in [0.4, 0.5) is 5.69 Å². The van der Waals surface area contributed by atoms with Crippen molar-refractivity contribution in [1.29, 1.82) is 0 Å². The lowest BCUT2D eigenvalue weighted by atomic mass is 9.69. The number of benzene rings is 2. The largest absolute Gasteiger partial charge is 0.490 e. The van der Waals surface area contributed by atoms with Gasteiger partial charge in [-0.25, -0.2) is 13.1 Å². The number of rotatable bonds is 0. The molecule has 38 heavy (non-hydrogen) atoms. The van der Waals surface area contributed by atoms with Crippen LogP contribution in [0.1, 0.15) is 47.2 Å². The number of fused-ring (bicyclic) bond motifs is 4. The van der Waals surface area contributed by atoms with Crippen LogP contribution < -0.4 is 14.4 Å². The Bertz CT molecular complexity index is 1380. The Morgan fingerprint density at radius 2 is 2.03 bits per heavy atom. The zero-order valence-electron chi connectivity index (χ0n) is 21.3. The highest BCUT2D eigenvalue weighted by atomic mass is 35.5. The van der Waals surface area contributed by atoms with E-state index >= 15 is 0 Å². The quantitative estimate of drug-likeness (QED) is 0.481. The molecule has 0 aromatic heterocycles. The Labute approximate surface area is 229 Å². The summed E-state index contributed by atoms with van der Waals surface area (Å²) in [7, 11) is -3.82. The van der Waals surface area contributed by atoms with Gasteiger partial charge in [-0.3, -0.25) is 4.79 Å². The molecule has 6 rings (SSSR count). The number of amides is 1. The van der Waals surface area contributed by atoms with E-state index in [1.807, 2.05) is 12.1 Å². The number of nitrogens with zero attached hydrogens (tertiary/aromatic N) is 1. The van der Waals surface area contributed by atoms with Gasteiger partial charge >= 0.3 is 0 Å². The third-order valence-electron chi connectivity index (χ3n) is 8.57. The molecule has 0 radical (unpaired) electrons. The molecule has 2 bridgehead atoms. The molecule has 1 amide bonds. The van der Waals surface area contributed by atoms with Crippen LogP contribution in [0.15, 0.2) is 48.6 Å². The average molecular weight is 557 g/mol. The molecule has 2 aromatic carbocycles. The number of allylic oxidation sites excluding steroid dienone is 1. The molecule has 2 aromatic rings. The smallest absolute Gasteiger partial charge is 0.264 e. The van der Waals surface area contributed by atoms with E-state index in [9.17, 15) is 13.2 Å². The van der Waals surface area contributed by atoms with Crippen LogP contribution in [-0.4, -0.2) is 53.0 Å². The fraction of sp³-hybridized carbons (Fsp3) is 0.483. The predicted octanol–water partition coefficient (Wildman–Crippen LogP) is 4.49. The SMILES string of the molecule is O=C1NS(=O)(=O)CCOC/C=C/[C@H]2CC[C@@H]2CN2C[C@@]3(CCCc4cc(Cl)ccc43)COc3ccc1cc32.